The standard InChI is InChI=1S/C7H11BF3N2O2/c1-3-7(2)5(14)13(6(15)12-7)4-8(9,10)11/h3-4H2,1-2H3,(H,12,15)/q-1. The summed E-state index contributed by atoms with van der Waals surface area (Å²) in [6.45, 7) is -2.14. The lowest BCUT2D eigenvalue weighted by Gasteiger charge is -2.22. The van der Waals surface area contributed by atoms with Crippen LogP contribution in [0.25, 0.3) is 0 Å². The van der Waals surface area contributed by atoms with E-state index in [9.17, 15) is 22.5 Å². The minimum atomic E-state index is -5.18. The lowest BCUT2D eigenvalue weighted by molar-refractivity contribution is -0.130. The van der Waals surface area contributed by atoms with E-state index in [0.29, 0.717) is 0 Å². The topological polar surface area (TPSA) is 49.4 Å². The summed E-state index contributed by atoms with van der Waals surface area (Å²) >= 11 is 0. The van der Waals surface area contributed by atoms with Crippen LogP contribution in [-0.4, -0.2) is 35.8 Å². The number of rotatable bonds is 3. The second-order valence-corrected chi connectivity index (χ2v) is 3.74. The quantitative estimate of drug-likeness (QED) is 0.575. The number of hydrogen-bond donors (Lipinski definition) is 1. The van der Waals surface area contributed by atoms with Crippen LogP contribution in [0.2, 0.25) is 0 Å². The molecule has 0 radical (unpaired) electrons. The molecular weight excluding hydrogens is 212 g/mol. The van der Waals surface area contributed by atoms with Crippen LogP contribution in [-0.2, 0) is 4.79 Å². The van der Waals surface area contributed by atoms with Gasteiger partial charge < -0.3 is 18.3 Å². The predicted octanol–water partition coefficient (Wildman–Crippen LogP) is 1.09. The van der Waals surface area contributed by atoms with Crippen molar-refractivity contribution in [3.63, 3.8) is 0 Å². The molecule has 15 heavy (non-hydrogen) atoms. The number of nitrogens with one attached hydrogen (secondary N) is 1. The Labute approximate surface area is 84.9 Å². The minimum Gasteiger partial charge on any atom is -0.448 e. The van der Waals surface area contributed by atoms with Crippen molar-refractivity contribution in [2.75, 3.05) is 6.44 Å². The SMILES string of the molecule is CCC1(C)NC(=O)N(C[B-](F)(F)F)C1=O. The van der Waals surface area contributed by atoms with Gasteiger partial charge in [0.15, 0.2) is 0 Å². The number of carbonyl (C=O) groups is 2. The third-order valence-corrected chi connectivity index (χ3v) is 2.44. The fourth-order valence-electron chi connectivity index (χ4n) is 1.36. The van der Waals surface area contributed by atoms with Gasteiger partial charge in [0.1, 0.15) is 5.54 Å². The summed E-state index contributed by atoms with van der Waals surface area (Å²) in [5.41, 5.74) is -1.20. The lowest BCUT2D eigenvalue weighted by atomic mass is 9.90. The van der Waals surface area contributed by atoms with Gasteiger partial charge in [-0.05, 0) is 13.3 Å². The van der Waals surface area contributed by atoms with Crippen molar-refractivity contribution in [1.29, 1.82) is 0 Å². The lowest BCUT2D eigenvalue weighted by Crippen LogP contribution is -2.45. The minimum absolute atomic E-state index is 0.226. The van der Waals surface area contributed by atoms with E-state index in [0.717, 1.165) is 0 Å². The summed E-state index contributed by atoms with van der Waals surface area (Å²) in [4.78, 5) is 22.9. The van der Waals surface area contributed by atoms with Crippen molar-refractivity contribution >= 4 is 18.9 Å². The molecule has 0 aromatic heterocycles. The predicted molar refractivity (Wildman–Crippen MR) is 48.0 cm³/mol. The molecule has 1 unspecified atom stereocenters. The van der Waals surface area contributed by atoms with Gasteiger partial charge in [0.2, 0.25) is 0 Å². The normalized spacial score (nSPS) is 27.1. The highest BCUT2D eigenvalue weighted by Crippen LogP contribution is 2.23. The molecule has 0 aromatic carbocycles. The summed E-state index contributed by atoms with van der Waals surface area (Å²) in [5, 5.41) is 2.25. The van der Waals surface area contributed by atoms with Gasteiger partial charge in [0, 0.05) is 6.44 Å². The van der Waals surface area contributed by atoms with Crippen LogP contribution in [0.4, 0.5) is 17.7 Å². The van der Waals surface area contributed by atoms with E-state index in [1.54, 1.807) is 6.92 Å². The molecule has 4 nitrogen and oxygen atoms in total. The fraction of sp³-hybridized carbons (Fsp3) is 0.714. The first kappa shape index (κ1) is 11.9. The van der Waals surface area contributed by atoms with Crippen LogP contribution in [0.5, 0.6) is 0 Å². The van der Waals surface area contributed by atoms with Gasteiger partial charge in [-0.1, -0.05) is 6.92 Å². The number of urea groups is 1. The summed E-state index contributed by atoms with van der Waals surface area (Å²) in [6, 6.07) is -0.969. The zero-order valence-electron chi connectivity index (χ0n) is 8.39. The van der Waals surface area contributed by atoms with Crippen LogP contribution in [0.1, 0.15) is 20.3 Å². The maximum Gasteiger partial charge on any atom is 0.497 e. The molecule has 0 aromatic rings. The van der Waals surface area contributed by atoms with Crippen molar-refractivity contribution in [1.82, 2.24) is 10.2 Å². The van der Waals surface area contributed by atoms with E-state index >= 15 is 0 Å². The molecule has 1 fully saturated rings. The molecule has 0 aliphatic carbocycles. The maximum atomic E-state index is 12.1. The molecule has 0 saturated carbocycles. The first-order valence-electron chi connectivity index (χ1n) is 4.55. The fourth-order valence-corrected chi connectivity index (χ4v) is 1.36. The highest BCUT2D eigenvalue weighted by molar-refractivity contribution is 6.59. The first-order chi connectivity index (χ1) is 6.69. The molecule has 0 spiro atoms. The van der Waals surface area contributed by atoms with Gasteiger partial charge in [-0.2, -0.15) is 0 Å². The van der Waals surface area contributed by atoms with E-state index in [-0.39, 0.29) is 11.3 Å². The Morgan fingerprint density at radius 1 is 1.40 bits per heavy atom. The van der Waals surface area contributed by atoms with Gasteiger partial charge in [-0.25, -0.2) is 4.79 Å². The number of carbonyl (C=O) groups excluding carboxylic acids is 2. The van der Waals surface area contributed by atoms with Crippen molar-refractivity contribution in [3.8, 4) is 0 Å². The van der Waals surface area contributed by atoms with Crippen LogP contribution in [0.15, 0.2) is 0 Å². The molecular formula is C7H11BF3N2O2-. The number of imide groups is 1. The van der Waals surface area contributed by atoms with E-state index in [1.165, 1.54) is 6.92 Å². The monoisotopic (exact) mass is 223 g/mol. The molecule has 1 saturated heterocycles. The van der Waals surface area contributed by atoms with Crippen molar-refractivity contribution in [2.24, 2.45) is 0 Å². The number of amides is 3. The molecule has 1 atom stereocenters. The van der Waals surface area contributed by atoms with Crippen molar-refractivity contribution < 1.29 is 22.5 Å². The van der Waals surface area contributed by atoms with E-state index in [2.05, 4.69) is 5.32 Å². The molecule has 86 valence electrons. The molecule has 1 heterocycles. The number of hydrogen-bond acceptors (Lipinski definition) is 2. The molecule has 3 amide bonds. The summed E-state index contributed by atoms with van der Waals surface area (Å²) in [7, 11) is 0. The molecule has 1 N–H and O–H groups in total. The van der Waals surface area contributed by atoms with Crippen molar-refractivity contribution in [3.05, 3.63) is 0 Å². The van der Waals surface area contributed by atoms with Crippen LogP contribution >= 0.6 is 0 Å². The van der Waals surface area contributed by atoms with Gasteiger partial charge in [-0.3, -0.25) is 9.69 Å². The highest BCUT2D eigenvalue weighted by Gasteiger charge is 2.48. The molecule has 0 bridgehead atoms. The Morgan fingerprint density at radius 2 is 1.93 bits per heavy atom. The van der Waals surface area contributed by atoms with Crippen molar-refractivity contribution in [2.45, 2.75) is 25.8 Å². The third-order valence-electron chi connectivity index (χ3n) is 2.44. The number of nitrogens with zero attached hydrogens (tertiary/aromatic N) is 1. The van der Waals surface area contributed by atoms with E-state index in [4.69, 9.17) is 0 Å². The van der Waals surface area contributed by atoms with Gasteiger partial charge in [0.25, 0.3) is 5.91 Å². The Hall–Kier alpha value is -1.21. The zero-order valence-corrected chi connectivity index (χ0v) is 8.39. The van der Waals surface area contributed by atoms with Crippen LogP contribution in [0, 0.1) is 0 Å². The van der Waals surface area contributed by atoms with E-state index < -0.39 is 30.9 Å². The first-order valence-corrected chi connectivity index (χ1v) is 4.55. The Kier molecular flexibility index (Phi) is 2.71. The summed E-state index contributed by atoms with van der Waals surface area (Å²) in [6.07, 6.45) is -1.21. The van der Waals surface area contributed by atoms with Gasteiger partial charge in [0.05, 0.1) is 0 Å². The molecule has 1 aliphatic heterocycles. The average molecular weight is 223 g/mol. The second kappa shape index (κ2) is 3.43. The Bertz CT molecular complexity index is 307. The third kappa shape index (κ3) is 2.24. The maximum absolute atomic E-state index is 12.1. The summed E-state index contributed by atoms with van der Waals surface area (Å²) < 4.78 is 36.3. The van der Waals surface area contributed by atoms with Gasteiger partial charge >= 0.3 is 13.0 Å². The molecule has 1 aliphatic rings. The summed E-state index contributed by atoms with van der Waals surface area (Å²) in [5.74, 6) is -0.811. The van der Waals surface area contributed by atoms with Crippen LogP contribution < -0.4 is 5.32 Å². The molecule has 1 rings (SSSR count). The average Bonchev–Trinajstić information content (AvgIpc) is 2.28. The van der Waals surface area contributed by atoms with E-state index in [1.807, 2.05) is 0 Å². The second-order valence-electron chi connectivity index (χ2n) is 3.74. The van der Waals surface area contributed by atoms with Gasteiger partial charge in [-0.15, -0.1) is 0 Å². The molecule has 8 heteroatoms. The highest BCUT2D eigenvalue weighted by atomic mass is 19.4. The Morgan fingerprint density at radius 3 is 2.27 bits per heavy atom. The number of halogens is 3. The van der Waals surface area contributed by atoms with Crippen LogP contribution in [0.3, 0.4) is 0 Å². The smallest absolute Gasteiger partial charge is 0.448 e. The zero-order chi connectivity index (χ0) is 11.9. The largest absolute Gasteiger partial charge is 0.497 e. The Balaban J connectivity index is 2.85.